The van der Waals surface area contributed by atoms with Crippen molar-refractivity contribution in [2.45, 2.75) is 6.42 Å². The number of amides is 1. The molecule has 0 aliphatic carbocycles. The first-order valence-corrected chi connectivity index (χ1v) is 6.31. The van der Waals surface area contributed by atoms with Crippen molar-refractivity contribution in [3.05, 3.63) is 58.6 Å². The fraction of sp³-hybridized carbons (Fsp3) is 0.0667. The van der Waals surface area contributed by atoms with Gasteiger partial charge in [-0.2, -0.15) is 5.26 Å². The number of benzene rings is 2. The van der Waals surface area contributed by atoms with Gasteiger partial charge in [0, 0.05) is 11.4 Å². The van der Waals surface area contributed by atoms with Crippen LogP contribution in [0.3, 0.4) is 0 Å². The lowest BCUT2D eigenvalue weighted by Crippen LogP contribution is -2.14. The lowest BCUT2D eigenvalue weighted by molar-refractivity contribution is 0.102. The number of carbonyl (C=O) groups is 1. The van der Waals surface area contributed by atoms with E-state index in [1.165, 1.54) is 0 Å². The van der Waals surface area contributed by atoms with E-state index in [0.717, 1.165) is 5.56 Å². The minimum absolute atomic E-state index is 0.260. The van der Waals surface area contributed by atoms with Crippen LogP contribution < -0.4 is 11.1 Å². The molecule has 0 saturated heterocycles. The number of halogens is 1. The van der Waals surface area contributed by atoms with Crippen LogP contribution >= 0.6 is 11.6 Å². The Kier molecular flexibility index (Phi) is 4.24. The highest BCUT2D eigenvalue weighted by Crippen LogP contribution is 2.23. The number of carbonyl (C=O) groups excluding carboxylic acids is 1. The standard InChI is InChI=1S/C15H12ClN3O/c16-12-2-1-3-13(18)14(12)15(20)19-11-6-4-10(5-7-11)8-9-17/h1-7H,8,18H2,(H,19,20). The minimum atomic E-state index is -0.360. The zero-order valence-electron chi connectivity index (χ0n) is 10.6. The summed E-state index contributed by atoms with van der Waals surface area (Å²) in [6.45, 7) is 0. The quantitative estimate of drug-likeness (QED) is 0.850. The van der Waals surface area contributed by atoms with Gasteiger partial charge in [0.25, 0.3) is 5.91 Å². The Labute approximate surface area is 121 Å². The van der Waals surface area contributed by atoms with E-state index in [2.05, 4.69) is 11.4 Å². The lowest BCUT2D eigenvalue weighted by Gasteiger charge is -2.09. The number of nitrogens with one attached hydrogen (secondary N) is 1. The molecule has 0 atom stereocenters. The fourth-order valence-electron chi connectivity index (χ4n) is 1.77. The van der Waals surface area contributed by atoms with Crippen LogP contribution in [0.4, 0.5) is 11.4 Å². The Bertz CT molecular complexity index is 654. The molecule has 3 N–H and O–H groups in total. The Morgan fingerprint density at radius 2 is 1.95 bits per heavy atom. The molecule has 2 aromatic carbocycles. The topological polar surface area (TPSA) is 78.9 Å². The van der Waals surface area contributed by atoms with Crippen molar-refractivity contribution < 1.29 is 4.79 Å². The highest BCUT2D eigenvalue weighted by molar-refractivity contribution is 6.35. The Morgan fingerprint density at radius 1 is 1.25 bits per heavy atom. The summed E-state index contributed by atoms with van der Waals surface area (Å²) in [7, 11) is 0. The van der Waals surface area contributed by atoms with E-state index in [-0.39, 0.29) is 11.5 Å². The predicted octanol–water partition coefficient (Wildman–Crippen LogP) is 3.24. The normalized spacial score (nSPS) is 9.80. The SMILES string of the molecule is N#CCc1ccc(NC(=O)c2c(N)cccc2Cl)cc1. The van der Waals surface area contributed by atoms with E-state index < -0.39 is 0 Å². The van der Waals surface area contributed by atoms with Crippen molar-refractivity contribution in [3.8, 4) is 6.07 Å². The van der Waals surface area contributed by atoms with E-state index >= 15 is 0 Å². The molecule has 0 aromatic heterocycles. The summed E-state index contributed by atoms with van der Waals surface area (Å²) in [5, 5.41) is 11.6. The third-order valence-corrected chi connectivity index (χ3v) is 3.08. The second kappa shape index (κ2) is 6.09. The van der Waals surface area contributed by atoms with Gasteiger partial charge in [-0.1, -0.05) is 29.8 Å². The molecule has 0 saturated carbocycles. The molecular weight excluding hydrogens is 274 g/mol. The van der Waals surface area contributed by atoms with E-state index in [0.29, 0.717) is 22.8 Å². The van der Waals surface area contributed by atoms with Gasteiger partial charge in [0.05, 0.1) is 23.1 Å². The molecule has 0 fully saturated rings. The van der Waals surface area contributed by atoms with Gasteiger partial charge >= 0.3 is 0 Å². The Morgan fingerprint density at radius 3 is 2.55 bits per heavy atom. The second-order valence-electron chi connectivity index (χ2n) is 4.19. The first-order valence-electron chi connectivity index (χ1n) is 5.93. The van der Waals surface area contributed by atoms with E-state index in [1.807, 2.05) is 0 Å². The molecule has 4 nitrogen and oxygen atoms in total. The van der Waals surface area contributed by atoms with Crippen molar-refractivity contribution in [3.63, 3.8) is 0 Å². The monoisotopic (exact) mass is 285 g/mol. The maximum Gasteiger partial charge on any atom is 0.259 e. The highest BCUT2D eigenvalue weighted by Gasteiger charge is 2.13. The predicted molar refractivity (Wildman–Crippen MR) is 79.6 cm³/mol. The molecule has 20 heavy (non-hydrogen) atoms. The van der Waals surface area contributed by atoms with Crippen molar-refractivity contribution >= 4 is 28.9 Å². The van der Waals surface area contributed by atoms with Crippen LogP contribution in [0.1, 0.15) is 15.9 Å². The summed E-state index contributed by atoms with van der Waals surface area (Å²) >= 11 is 5.98. The van der Waals surface area contributed by atoms with Crippen molar-refractivity contribution in [1.29, 1.82) is 5.26 Å². The maximum atomic E-state index is 12.1. The molecule has 0 radical (unpaired) electrons. The average Bonchev–Trinajstić information content (AvgIpc) is 2.41. The van der Waals surface area contributed by atoms with Crippen LogP contribution in [0, 0.1) is 11.3 Å². The number of hydrogen-bond acceptors (Lipinski definition) is 3. The molecule has 0 unspecified atom stereocenters. The molecule has 0 spiro atoms. The molecule has 2 aromatic rings. The van der Waals surface area contributed by atoms with Crippen LogP contribution in [0.5, 0.6) is 0 Å². The average molecular weight is 286 g/mol. The van der Waals surface area contributed by atoms with Crippen LogP contribution in [0.2, 0.25) is 5.02 Å². The van der Waals surface area contributed by atoms with E-state index in [4.69, 9.17) is 22.6 Å². The maximum absolute atomic E-state index is 12.1. The first-order chi connectivity index (χ1) is 9.61. The highest BCUT2D eigenvalue weighted by atomic mass is 35.5. The largest absolute Gasteiger partial charge is 0.398 e. The summed E-state index contributed by atoms with van der Waals surface area (Å²) in [6.07, 6.45) is 0.339. The number of hydrogen-bond donors (Lipinski definition) is 2. The number of nitriles is 1. The van der Waals surface area contributed by atoms with Crippen molar-refractivity contribution in [2.75, 3.05) is 11.1 Å². The zero-order chi connectivity index (χ0) is 14.5. The molecule has 100 valence electrons. The van der Waals surface area contributed by atoms with Gasteiger partial charge < -0.3 is 11.1 Å². The van der Waals surface area contributed by atoms with Gasteiger partial charge in [-0.15, -0.1) is 0 Å². The van der Waals surface area contributed by atoms with Gasteiger partial charge in [0.1, 0.15) is 0 Å². The van der Waals surface area contributed by atoms with Gasteiger partial charge in [-0.3, -0.25) is 4.79 Å². The van der Waals surface area contributed by atoms with Crippen LogP contribution in [-0.4, -0.2) is 5.91 Å². The lowest BCUT2D eigenvalue weighted by atomic mass is 10.1. The smallest absolute Gasteiger partial charge is 0.259 e. The first kappa shape index (κ1) is 13.9. The number of nitrogens with two attached hydrogens (primary N) is 1. The molecule has 0 aliphatic heterocycles. The van der Waals surface area contributed by atoms with Crippen LogP contribution in [0.25, 0.3) is 0 Å². The number of anilines is 2. The molecule has 5 heteroatoms. The molecule has 0 aliphatic rings. The fourth-order valence-corrected chi connectivity index (χ4v) is 2.04. The molecule has 0 heterocycles. The molecule has 1 amide bonds. The van der Waals surface area contributed by atoms with Crippen LogP contribution in [0.15, 0.2) is 42.5 Å². The van der Waals surface area contributed by atoms with Crippen molar-refractivity contribution in [2.24, 2.45) is 0 Å². The van der Waals surface area contributed by atoms with Crippen molar-refractivity contribution in [1.82, 2.24) is 0 Å². The summed E-state index contributed by atoms with van der Waals surface area (Å²) in [5.41, 5.74) is 7.86. The summed E-state index contributed by atoms with van der Waals surface area (Å²) in [5.74, 6) is -0.360. The Balaban J connectivity index is 2.18. The second-order valence-corrected chi connectivity index (χ2v) is 4.60. The number of rotatable bonds is 3. The van der Waals surface area contributed by atoms with Crippen LogP contribution in [-0.2, 0) is 6.42 Å². The van der Waals surface area contributed by atoms with Gasteiger partial charge in [0.2, 0.25) is 0 Å². The van der Waals surface area contributed by atoms with E-state index in [9.17, 15) is 4.79 Å². The van der Waals surface area contributed by atoms with Gasteiger partial charge in [-0.25, -0.2) is 0 Å². The summed E-state index contributed by atoms with van der Waals surface area (Å²) in [4.78, 5) is 12.1. The van der Waals surface area contributed by atoms with Gasteiger partial charge in [-0.05, 0) is 29.8 Å². The number of nitrogen functional groups attached to an aromatic ring is 1. The van der Waals surface area contributed by atoms with E-state index in [1.54, 1.807) is 42.5 Å². The zero-order valence-corrected chi connectivity index (χ0v) is 11.3. The summed E-state index contributed by atoms with van der Waals surface area (Å²) in [6, 6.07) is 14.0. The third kappa shape index (κ3) is 3.08. The number of nitrogens with zero attached hydrogens (tertiary/aromatic N) is 1. The Hall–Kier alpha value is -2.51. The third-order valence-electron chi connectivity index (χ3n) is 2.77. The molecule has 2 rings (SSSR count). The molecular formula is C15H12ClN3O. The summed E-state index contributed by atoms with van der Waals surface area (Å²) < 4.78 is 0. The van der Waals surface area contributed by atoms with Gasteiger partial charge in [0.15, 0.2) is 0 Å². The minimum Gasteiger partial charge on any atom is -0.398 e. The molecule has 0 bridgehead atoms.